The minimum Gasteiger partial charge on any atom is -0.368 e. The van der Waals surface area contributed by atoms with Gasteiger partial charge in [-0.1, -0.05) is 6.58 Å². The number of carbonyl (C=O) groups is 5. The van der Waals surface area contributed by atoms with Crippen LogP contribution in [0.25, 0.3) is 0 Å². The van der Waals surface area contributed by atoms with E-state index in [9.17, 15) is 47.2 Å². The Balaban J connectivity index is 0.000000636. The molecule has 0 fully saturated rings. The number of Topliss-reactive ketones (excluding diaryl/α,β-unsaturated/α-hetero) is 1. The zero-order valence-electron chi connectivity index (χ0n) is 25.1. The first-order valence-corrected chi connectivity index (χ1v) is 15.3. The molecule has 1 aromatic heterocycles. The topological polar surface area (TPSA) is 270 Å². The van der Waals surface area contributed by atoms with Gasteiger partial charge in [-0.25, -0.2) is 18.8 Å². The van der Waals surface area contributed by atoms with Gasteiger partial charge >= 0.3 is 17.7 Å². The fraction of sp³-hybridized carbons (Fsp3) is 0.375. The van der Waals surface area contributed by atoms with E-state index in [2.05, 4.69) is 43.9 Å². The molecule has 3 rings (SSSR count). The number of nitroso groups, excluding NO2 is 1. The van der Waals surface area contributed by atoms with E-state index in [-0.39, 0.29) is 24.8 Å². The summed E-state index contributed by atoms with van der Waals surface area (Å²) in [5.41, 5.74) is -2.71. The molecule has 49 heavy (non-hydrogen) atoms. The van der Waals surface area contributed by atoms with Gasteiger partial charge in [0, 0.05) is 55.6 Å². The van der Waals surface area contributed by atoms with E-state index < -0.39 is 52.3 Å². The maximum absolute atomic E-state index is 12.7. The van der Waals surface area contributed by atoms with Gasteiger partial charge in [0.1, 0.15) is 11.5 Å². The van der Waals surface area contributed by atoms with Crippen molar-refractivity contribution in [1.29, 1.82) is 0 Å². The maximum Gasteiger partial charge on any atom is 0.376 e. The zero-order chi connectivity index (χ0) is 37.5. The number of aromatic nitrogens is 2. The lowest BCUT2D eigenvalue weighted by Gasteiger charge is -2.28. The maximum atomic E-state index is 12.7. The molecule has 0 bridgehead atoms. The Labute approximate surface area is 295 Å². The number of H-pyrrole nitrogens is 2. The van der Waals surface area contributed by atoms with Crippen molar-refractivity contribution in [3.05, 3.63) is 73.6 Å². The van der Waals surface area contributed by atoms with Crippen molar-refractivity contribution in [3.63, 3.8) is 0 Å². The van der Waals surface area contributed by atoms with Crippen LogP contribution in [-0.4, -0.2) is 99.2 Å². The van der Waals surface area contributed by atoms with E-state index in [0.29, 0.717) is 53.8 Å². The Morgan fingerprint density at radius 3 is 2.04 bits per heavy atom. The molecular formula is C24H30Cl4F2N10O9. The largest absolute Gasteiger partial charge is 0.376 e. The summed E-state index contributed by atoms with van der Waals surface area (Å²) < 4.78 is 24.8. The van der Waals surface area contributed by atoms with Gasteiger partial charge in [0.15, 0.2) is 11.5 Å². The molecule has 19 nitrogen and oxygen atoms in total. The number of rotatable bonds is 11. The molecule has 0 aliphatic carbocycles. The van der Waals surface area contributed by atoms with Crippen LogP contribution in [0, 0.1) is 10.7 Å². The highest BCUT2D eigenvalue weighted by Gasteiger charge is 2.21. The summed E-state index contributed by atoms with van der Waals surface area (Å²) in [6.45, 7) is 5.16. The van der Waals surface area contributed by atoms with Crippen molar-refractivity contribution < 1.29 is 37.6 Å². The van der Waals surface area contributed by atoms with Crippen LogP contribution in [0.2, 0.25) is 0 Å². The standard InChI is InChI=1S/C9H13Cl2N3O.C5H9Cl2N3O2.C5H4FN3O4.C5H4FNO2/c1-7-12-6-8(9(15)13-7)14(4-2-10)5-3-11;6-1-3-8-5(11)10(9-12)4-2-7;6-1-2(4(11)13-7)8-5(12)9-3(1)10;6-3-2-7-5(9)1-4(3)8/h6,12H,1-5H2,(H,13,15);1-4H2,(H,8,11);7H2,(H2,8,9,10,12);2H,1H2,(H,7,9). The summed E-state index contributed by atoms with van der Waals surface area (Å²) in [7, 11) is 0. The first kappa shape index (κ1) is 44.4. The van der Waals surface area contributed by atoms with E-state index in [1.807, 2.05) is 4.90 Å². The number of nitrogens with two attached hydrogens (primary N) is 1. The average molecular weight is 782 g/mol. The zero-order valence-corrected chi connectivity index (χ0v) is 28.1. The third kappa shape index (κ3) is 16.9. The van der Waals surface area contributed by atoms with Gasteiger partial charge < -0.3 is 31.0 Å². The van der Waals surface area contributed by atoms with Crippen LogP contribution in [-0.2, 0) is 19.2 Å². The summed E-state index contributed by atoms with van der Waals surface area (Å²) in [5, 5.41) is 13.0. The van der Waals surface area contributed by atoms with E-state index in [4.69, 9.17) is 46.4 Å². The number of hydrogen-bond donors (Lipinski definition) is 7. The number of aromatic amines is 2. The van der Waals surface area contributed by atoms with E-state index in [1.54, 1.807) is 16.2 Å². The fourth-order valence-electron chi connectivity index (χ4n) is 2.93. The minimum absolute atomic E-state index is 0.0964. The van der Waals surface area contributed by atoms with Crippen molar-refractivity contribution in [3.8, 4) is 0 Å². The van der Waals surface area contributed by atoms with Crippen LogP contribution in [0.15, 0.2) is 51.2 Å². The number of nitrogens with one attached hydrogen (secondary N) is 6. The Hall–Kier alpha value is -4.57. The fourth-order valence-corrected chi connectivity index (χ4v) is 3.59. The summed E-state index contributed by atoms with van der Waals surface area (Å²) in [4.78, 5) is 93.6. The summed E-state index contributed by atoms with van der Waals surface area (Å²) in [5.74, 6) is 1.19. The first-order chi connectivity index (χ1) is 23.2. The van der Waals surface area contributed by atoms with Crippen LogP contribution >= 0.6 is 46.4 Å². The summed E-state index contributed by atoms with van der Waals surface area (Å²) >= 11 is 21.9. The molecule has 0 atom stereocenters. The Kier molecular flexibility index (Phi) is 22.3. The van der Waals surface area contributed by atoms with E-state index >= 15 is 0 Å². The lowest BCUT2D eigenvalue weighted by Crippen LogP contribution is -2.42. The molecule has 272 valence electrons. The molecule has 2 aliphatic heterocycles. The van der Waals surface area contributed by atoms with Gasteiger partial charge in [-0.05, 0) is 0 Å². The molecule has 2 aliphatic rings. The third-order valence-electron chi connectivity index (χ3n) is 5.07. The van der Waals surface area contributed by atoms with Gasteiger partial charge in [0.2, 0.25) is 17.5 Å². The van der Waals surface area contributed by atoms with Crippen molar-refractivity contribution in [2.45, 2.75) is 6.42 Å². The molecule has 3 heterocycles. The van der Waals surface area contributed by atoms with Crippen LogP contribution in [0.1, 0.15) is 16.9 Å². The SMILES string of the molecule is C=C1NC=C(N(CCCl)CCCl)C(=O)N1.NOC(=O)c1[nH]c(=O)[nH]c(=O)c1F.O=C1CC(=O)C(F)=CN1.O=NN(CCCl)C(=O)NCCCl. The molecule has 8 N–H and O–H groups in total. The van der Waals surface area contributed by atoms with Crippen molar-refractivity contribution in [1.82, 2.24) is 41.1 Å². The van der Waals surface area contributed by atoms with Gasteiger partial charge in [0.05, 0.1) is 18.3 Å². The van der Waals surface area contributed by atoms with Crippen LogP contribution in [0.3, 0.4) is 0 Å². The highest BCUT2D eigenvalue weighted by Crippen LogP contribution is 2.09. The Bertz CT molecular complexity index is 1520. The predicted octanol–water partition coefficient (Wildman–Crippen LogP) is 0.0741. The van der Waals surface area contributed by atoms with E-state index in [1.165, 1.54) is 0 Å². The smallest absolute Gasteiger partial charge is 0.368 e. The lowest BCUT2D eigenvalue weighted by molar-refractivity contribution is -0.127. The Morgan fingerprint density at radius 2 is 1.57 bits per heavy atom. The van der Waals surface area contributed by atoms with Crippen molar-refractivity contribution in [2.75, 3.05) is 49.7 Å². The number of allylic oxidation sites excluding steroid dienone is 1. The Morgan fingerprint density at radius 1 is 0.959 bits per heavy atom. The summed E-state index contributed by atoms with van der Waals surface area (Å²) in [6, 6.07) is -0.578. The molecule has 0 spiro atoms. The monoisotopic (exact) mass is 780 g/mol. The molecular weight excluding hydrogens is 752 g/mol. The van der Waals surface area contributed by atoms with E-state index in [0.717, 1.165) is 6.20 Å². The first-order valence-electron chi connectivity index (χ1n) is 13.2. The third-order valence-corrected chi connectivity index (χ3v) is 5.77. The van der Waals surface area contributed by atoms with Crippen LogP contribution in [0.5, 0.6) is 0 Å². The molecule has 1 aromatic rings. The second-order valence-corrected chi connectivity index (χ2v) is 9.96. The van der Waals surface area contributed by atoms with Gasteiger partial charge in [-0.3, -0.25) is 29.1 Å². The predicted molar refractivity (Wildman–Crippen MR) is 173 cm³/mol. The number of halogens is 6. The highest BCUT2D eigenvalue weighted by molar-refractivity contribution is 6.19. The van der Waals surface area contributed by atoms with Gasteiger partial charge in [-0.2, -0.15) is 15.3 Å². The highest BCUT2D eigenvalue weighted by atomic mass is 35.5. The second-order valence-electron chi connectivity index (χ2n) is 8.45. The number of nitrogens with zero attached hydrogens (tertiary/aromatic N) is 3. The molecule has 0 aromatic carbocycles. The molecule has 0 saturated heterocycles. The second kappa shape index (κ2) is 24.6. The number of urea groups is 1. The van der Waals surface area contributed by atoms with Gasteiger partial charge in [0.25, 0.3) is 11.5 Å². The molecule has 0 saturated carbocycles. The lowest BCUT2D eigenvalue weighted by atomic mass is 10.2. The van der Waals surface area contributed by atoms with Crippen LogP contribution in [0.4, 0.5) is 13.6 Å². The number of ketones is 1. The molecule has 4 amide bonds. The van der Waals surface area contributed by atoms with Crippen molar-refractivity contribution >= 4 is 76.0 Å². The normalized spacial score (nSPS) is 13.0. The summed E-state index contributed by atoms with van der Waals surface area (Å²) in [6.07, 6.45) is 2.01. The number of amides is 4. The number of alkyl halides is 4. The number of carbonyl (C=O) groups excluding carboxylic acids is 5. The van der Waals surface area contributed by atoms with Crippen LogP contribution < -0.4 is 38.4 Å². The van der Waals surface area contributed by atoms with Crippen molar-refractivity contribution in [2.24, 2.45) is 11.2 Å². The van der Waals surface area contributed by atoms with Gasteiger partial charge in [-0.15, -0.1) is 51.3 Å². The molecule has 25 heteroatoms. The average Bonchev–Trinajstić information content (AvgIpc) is 3.06. The number of hydrogen-bond acceptors (Lipinski definition) is 13. The minimum atomic E-state index is -1.45. The molecule has 0 radical (unpaired) electrons. The molecule has 0 unspecified atom stereocenters. The quantitative estimate of drug-likeness (QED) is 0.0681.